The SMILES string of the molecule is CC(=O)c1ccc(NC(=O)CN2C(=O)N(c3ccccc3)C(=O)C3OC4CCCCC4C32)cc1. The third-order valence-corrected chi connectivity index (χ3v) is 6.99. The molecule has 176 valence electrons. The average Bonchev–Trinajstić information content (AvgIpc) is 3.23. The minimum absolute atomic E-state index is 0.0345. The molecule has 8 nitrogen and oxygen atoms in total. The number of fused-ring (bicyclic) bond motifs is 3. The van der Waals surface area contributed by atoms with E-state index in [1.807, 2.05) is 6.07 Å². The number of amides is 4. The van der Waals surface area contributed by atoms with Gasteiger partial charge in [0.15, 0.2) is 11.9 Å². The molecule has 4 atom stereocenters. The molecule has 2 aliphatic heterocycles. The number of rotatable bonds is 5. The number of para-hydroxylation sites is 1. The van der Waals surface area contributed by atoms with Crippen molar-refractivity contribution < 1.29 is 23.9 Å². The third-order valence-electron chi connectivity index (χ3n) is 6.99. The Hall–Kier alpha value is -3.52. The number of urea groups is 1. The van der Waals surface area contributed by atoms with Crippen molar-refractivity contribution in [3.63, 3.8) is 0 Å². The lowest BCUT2D eigenvalue weighted by Gasteiger charge is -2.42. The van der Waals surface area contributed by atoms with Gasteiger partial charge in [-0.1, -0.05) is 31.0 Å². The second-order valence-electron chi connectivity index (χ2n) is 9.14. The molecule has 4 unspecified atom stereocenters. The minimum atomic E-state index is -0.784. The van der Waals surface area contributed by atoms with Crippen LogP contribution in [0.25, 0.3) is 0 Å². The van der Waals surface area contributed by atoms with Crippen LogP contribution in [0.15, 0.2) is 54.6 Å². The number of ketones is 1. The Morgan fingerprint density at radius 1 is 1.00 bits per heavy atom. The van der Waals surface area contributed by atoms with Crippen LogP contribution >= 0.6 is 0 Å². The van der Waals surface area contributed by atoms with Crippen LogP contribution in [0.5, 0.6) is 0 Å². The summed E-state index contributed by atoms with van der Waals surface area (Å²) in [5, 5.41) is 2.81. The zero-order valence-electron chi connectivity index (χ0n) is 19.0. The summed E-state index contributed by atoms with van der Waals surface area (Å²) in [5.74, 6) is -0.764. The molecule has 1 saturated carbocycles. The molecule has 5 rings (SSSR count). The highest BCUT2D eigenvalue weighted by atomic mass is 16.5. The summed E-state index contributed by atoms with van der Waals surface area (Å²) in [5.41, 5.74) is 1.54. The van der Waals surface area contributed by atoms with E-state index < -0.39 is 18.2 Å². The molecule has 0 aromatic heterocycles. The first-order valence-electron chi connectivity index (χ1n) is 11.7. The van der Waals surface area contributed by atoms with Crippen LogP contribution < -0.4 is 10.2 Å². The van der Waals surface area contributed by atoms with Crippen molar-refractivity contribution in [1.29, 1.82) is 0 Å². The zero-order valence-corrected chi connectivity index (χ0v) is 19.0. The number of hydrogen-bond donors (Lipinski definition) is 1. The van der Waals surface area contributed by atoms with E-state index in [0.29, 0.717) is 16.9 Å². The second kappa shape index (κ2) is 9.02. The van der Waals surface area contributed by atoms with Crippen molar-refractivity contribution in [1.82, 2.24) is 4.90 Å². The van der Waals surface area contributed by atoms with Crippen molar-refractivity contribution >= 4 is 35.0 Å². The number of carbonyl (C=O) groups is 4. The normalized spacial score (nSPS) is 26.1. The number of carbonyl (C=O) groups excluding carboxylic acids is 4. The maximum atomic E-state index is 13.6. The van der Waals surface area contributed by atoms with E-state index in [0.717, 1.165) is 30.6 Å². The minimum Gasteiger partial charge on any atom is -0.363 e. The Bertz CT molecular complexity index is 1120. The van der Waals surface area contributed by atoms with E-state index in [1.165, 1.54) is 11.8 Å². The highest BCUT2D eigenvalue weighted by Gasteiger charge is 2.58. The summed E-state index contributed by atoms with van der Waals surface area (Å²) in [6.07, 6.45) is 2.90. The Kier molecular flexibility index (Phi) is 5.91. The quantitative estimate of drug-likeness (QED) is 0.686. The average molecular weight is 462 g/mol. The van der Waals surface area contributed by atoms with Gasteiger partial charge in [-0.05, 0) is 56.2 Å². The van der Waals surface area contributed by atoms with Gasteiger partial charge in [0.1, 0.15) is 6.54 Å². The van der Waals surface area contributed by atoms with E-state index in [1.54, 1.807) is 48.5 Å². The first kappa shape index (κ1) is 22.3. The number of benzene rings is 2. The lowest BCUT2D eigenvalue weighted by Crippen LogP contribution is -2.65. The summed E-state index contributed by atoms with van der Waals surface area (Å²) in [4.78, 5) is 54.2. The molecule has 4 amide bonds. The van der Waals surface area contributed by atoms with Crippen molar-refractivity contribution in [2.45, 2.75) is 50.9 Å². The standard InChI is InChI=1S/C26H27N3O5/c1-16(30)17-11-13-18(14-12-17)27-22(31)15-28-23-20-9-5-6-10-21(20)34-24(23)25(32)29(26(28)33)19-7-3-2-4-8-19/h2-4,7-8,11-14,20-21,23-24H,5-6,9-10,15H2,1H3,(H,27,31). The highest BCUT2D eigenvalue weighted by Crippen LogP contribution is 2.43. The van der Waals surface area contributed by atoms with Gasteiger partial charge < -0.3 is 15.0 Å². The van der Waals surface area contributed by atoms with Crippen LogP contribution in [-0.2, 0) is 14.3 Å². The van der Waals surface area contributed by atoms with Gasteiger partial charge in [0.05, 0.1) is 17.8 Å². The molecule has 8 heteroatoms. The van der Waals surface area contributed by atoms with Crippen LogP contribution in [0.2, 0.25) is 0 Å². The molecule has 1 aliphatic carbocycles. The van der Waals surface area contributed by atoms with Gasteiger partial charge >= 0.3 is 6.03 Å². The van der Waals surface area contributed by atoms with Gasteiger partial charge in [-0.25, -0.2) is 9.69 Å². The van der Waals surface area contributed by atoms with E-state index in [4.69, 9.17) is 4.74 Å². The molecule has 0 bridgehead atoms. The highest BCUT2D eigenvalue weighted by molar-refractivity contribution is 6.18. The summed E-state index contributed by atoms with van der Waals surface area (Å²) < 4.78 is 6.20. The van der Waals surface area contributed by atoms with Crippen LogP contribution in [0, 0.1) is 5.92 Å². The lowest BCUT2D eigenvalue weighted by molar-refractivity contribution is -0.133. The molecule has 3 aliphatic rings. The molecule has 2 aromatic rings. The number of anilines is 2. The summed E-state index contributed by atoms with van der Waals surface area (Å²) in [6.45, 7) is 1.28. The van der Waals surface area contributed by atoms with Gasteiger partial charge in [0.25, 0.3) is 5.91 Å². The zero-order chi connectivity index (χ0) is 23.8. The van der Waals surface area contributed by atoms with E-state index in [9.17, 15) is 19.2 Å². The smallest absolute Gasteiger partial charge is 0.332 e. The van der Waals surface area contributed by atoms with Crippen LogP contribution in [0.1, 0.15) is 43.0 Å². The molecular weight excluding hydrogens is 434 g/mol. The monoisotopic (exact) mass is 461 g/mol. The fraction of sp³-hybridized carbons (Fsp3) is 0.385. The fourth-order valence-electron chi connectivity index (χ4n) is 5.39. The lowest BCUT2D eigenvalue weighted by atomic mass is 9.81. The maximum absolute atomic E-state index is 13.6. The fourth-order valence-corrected chi connectivity index (χ4v) is 5.39. The molecule has 34 heavy (non-hydrogen) atoms. The molecule has 0 radical (unpaired) electrons. The van der Waals surface area contributed by atoms with Crippen LogP contribution in [-0.4, -0.2) is 53.3 Å². The number of ether oxygens (including phenoxy) is 1. The molecular formula is C26H27N3O5. The topological polar surface area (TPSA) is 96.0 Å². The van der Waals surface area contributed by atoms with Crippen molar-refractivity contribution in [3.8, 4) is 0 Å². The molecule has 3 fully saturated rings. The van der Waals surface area contributed by atoms with Gasteiger partial charge in [-0.15, -0.1) is 0 Å². The number of imide groups is 1. The van der Waals surface area contributed by atoms with Gasteiger partial charge in [-0.3, -0.25) is 14.4 Å². The van der Waals surface area contributed by atoms with Crippen LogP contribution in [0.4, 0.5) is 16.2 Å². The Morgan fingerprint density at radius 2 is 1.71 bits per heavy atom. The van der Waals surface area contributed by atoms with E-state index >= 15 is 0 Å². The van der Waals surface area contributed by atoms with E-state index in [2.05, 4.69) is 5.32 Å². The largest absolute Gasteiger partial charge is 0.363 e. The third kappa shape index (κ3) is 3.98. The number of nitrogens with zero attached hydrogens (tertiary/aromatic N) is 2. The van der Waals surface area contributed by atoms with Crippen LogP contribution in [0.3, 0.4) is 0 Å². The Labute approximate surface area is 197 Å². The predicted molar refractivity (Wildman–Crippen MR) is 126 cm³/mol. The summed E-state index contributed by atoms with van der Waals surface area (Å²) in [6, 6.07) is 14.4. The first-order valence-corrected chi connectivity index (χ1v) is 11.7. The number of Topliss-reactive ketones (excluding diaryl/α,β-unsaturated/α-hetero) is 1. The van der Waals surface area contributed by atoms with Gasteiger partial charge in [0, 0.05) is 17.2 Å². The Morgan fingerprint density at radius 3 is 2.41 bits per heavy atom. The van der Waals surface area contributed by atoms with Gasteiger partial charge in [0.2, 0.25) is 5.91 Å². The summed E-state index contributed by atoms with van der Waals surface area (Å²) in [7, 11) is 0. The Balaban J connectivity index is 1.41. The molecule has 2 heterocycles. The van der Waals surface area contributed by atoms with E-state index in [-0.39, 0.29) is 36.2 Å². The van der Waals surface area contributed by atoms with Gasteiger partial charge in [-0.2, -0.15) is 0 Å². The molecule has 2 saturated heterocycles. The second-order valence-corrected chi connectivity index (χ2v) is 9.14. The first-order chi connectivity index (χ1) is 16.4. The maximum Gasteiger partial charge on any atom is 0.332 e. The number of nitrogens with one attached hydrogen (secondary N) is 1. The van der Waals surface area contributed by atoms with Crippen molar-refractivity contribution in [3.05, 3.63) is 60.2 Å². The molecule has 1 N–H and O–H groups in total. The molecule has 2 aromatic carbocycles. The summed E-state index contributed by atoms with van der Waals surface area (Å²) >= 11 is 0. The molecule has 0 spiro atoms. The predicted octanol–water partition coefficient (Wildman–Crippen LogP) is 3.62. The number of hydrogen-bond acceptors (Lipinski definition) is 5. The van der Waals surface area contributed by atoms with Crippen molar-refractivity contribution in [2.24, 2.45) is 5.92 Å². The van der Waals surface area contributed by atoms with Crippen molar-refractivity contribution in [2.75, 3.05) is 16.8 Å².